The minimum Gasteiger partial charge on any atom is -0.394 e. The molecule has 1 saturated heterocycles. The molecule has 0 bridgehead atoms. The second-order valence-corrected chi connectivity index (χ2v) is 6.11. The summed E-state index contributed by atoms with van der Waals surface area (Å²) in [5.74, 6) is -0.0647. The summed E-state index contributed by atoms with van der Waals surface area (Å²) in [6.07, 6.45) is 2.54. The number of nitro groups is 1. The highest BCUT2D eigenvalue weighted by atomic mass is 16.6. The fourth-order valence-electron chi connectivity index (χ4n) is 3.32. The van der Waals surface area contributed by atoms with Gasteiger partial charge in [-0.15, -0.1) is 0 Å². The Bertz CT molecular complexity index is 649. The average Bonchev–Trinajstić information content (AvgIpc) is 2.59. The number of piperidine rings is 1. The number of carbonyl (C=O) groups is 1. The van der Waals surface area contributed by atoms with E-state index in [1.165, 1.54) is 0 Å². The second kappa shape index (κ2) is 7.14. The normalized spacial score (nSPS) is 20.5. The Balaban J connectivity index is 1.89. The lowest BCUT2D eigenvalue weighted by molar-refractivity contribution is -0.384. The number of fused-ring (bicyclic) bond motifs is 1. The summed E-state index contributed by atoms with van der Waals surface area (Å²) < 4.78 is 5.58. The number of anilines is 2. The number of carbonyl (C=O) groups excluding carboxylic acids is 1. The molecule has 2 aliphatic heterocycles. The molecule has 0 radical (unpaired) electrons. The summed E-state index contributed by atoms with van der Waals surface area (Å²) in [7, 11) is 0. The van der Waals surface area contributed by atoms with Gasteiger partial charge in [-0.05, 0) is 30.9 Å². The van der Waals surface area contributed by atoms with Gasteiger partial charge in [-0.25, -0.2) is 0 Å². The van der Waals surface area contributed by atoms with Crippen LogP contribution in [0.5, 0.6) is 0 Å². The van der Waals surface area contributed by atoms with Crippen molar-refractivity contribution >= 4 is 23.0 Å². The van der Waals surface area contributed by atoms with E-state index in [2.05, 4.69) is 5.32 Å². The third-order valence-electron chi connectivity index (χ3n) is 4.46. The molecule has 3 rings (SSSR count). The van der Waals surface area contributed by atoms with Crippen molar-refractivity contribution in [2.75, 3.05) is 36.5 Å². The van der Waals surface area contributed by atoms with Gasteiger partial charge in [-0.2, -0.15) is 0 Å². The molecule has 130 valence electrons. The molecule has 1 unspecified atom stereocenters. The second-order valence-electron chi connectivity index (χ2n) is 6.11. The standard InChI is InChI=1S/C16H21N3O5/c20-6-7-24-12-2-1-5-18(10-12)14-9-13-11(3-4-16(21)17-13)8-15(14)19(22)23/h8-9,12,20H,1-7,10H2,(H,17,21). The molecule has 2 heterocycles. The molecule has 8 heteroatoms. The summed E-state index contributed by atoms with van der Waals surface area (Å²) >= 11 is 0. The molecule has 0 saturated carbocycles. The maximum Gasteiger partial charge on any atom is 0.292 e. The Morgan fingerprint density at radius 2 is 2.25 bits per heavy atom. The number of nitrogens with zero attached hydrogens (tertiary/aromatic N) is 2. The van der Waals surface area contributed by atoms with Gasteiger partial charge < -0.3 is 20.1 Å². The molecule has 0 spiro atoms. The summed E-state index contributed by atoms with van der Waals surface area (Å²) in [4.78, 5) is 24.7. The number of aliphatic hydroxyl groups is 1. The van der Waals surface area contributed by atoms with Crippen molar-refractivity contribution in [2.45, 2.75) is 31.8 Å². The quantitative estimate of drug-likeness (QED) is 0.623. The Labute approximate surface area is 139 Å². The number of ether oxygens (including phenoxy) is 1. The molecular weight excluding hydrogens is 314 g/mol. The van der Waals surface area contributed by atoms with Crippen LogP contribution in [-0.4, -0.2) is 48.3 Å². The molecule has 2 aliphatic rings. The molecule has 2 N–H and O–H groups in total. The third kappa shape index (κ3) is 3.49. The zero-order valence-corrected chi connectivity index (χ0v) is 13.4. The Kier molecular flexibility index (Phi) is 4.96. The molecule has 24 heavy (non-hydrogen) atoms. The highest BCUT2D eigenvalue weighted by Crippen LogP contribution is 2.37. The van der Waals surface area contributed by atoms with E-state index in [4.69, 9.17) is 9.84 Å². The van der Waals surface area contributed by atoms with Crippen molar-refractivity contribution in [1.29, 1.82) is 0 Å². The largest absolute Gasteiger partial charge is 0.394 e. The smallest absolute Gasteiger partial charge is 0.292 e. The summed E-state index contributed by atoms with van der Waals surface area (Å²) in [6, 6.07) is 3.28. The molecule has 0 aromatic heterocycles. The van der Waals surface area contributed by atoms with Crippen LogP contribution in [0.15, 0.2) is 12.1 Å². The van der Waals surface area contributed by atoms with Crippen molar-refractivity contribution in [3.8, 4) is 0 Å². The number of benzene rings is 1. The third-order valence-corrected chi connectivity index (χ3v) is 4.46. The lowest BCUT2D eigenvalue weighted by Crippen LogP contribution is -2.40. The first-order valence-corrected chi connectivity index (χ1v) is 8.17. The Hall–Kier alpha value is -2.19. The molecular formula is C16H21N3O5. The van der Waals surface area contributed by atoms with Crippen molar-refractivity contribution in [3.63, 3.8) is 0 Å². The van der Waals surface area contributed by atoms with Crippen LogP contribution in [0.25, 0.3) is 0 Å². The van der Waals surface area contributed by atoms with Crippen molar-refractivity contribution in [3.05, 3.63) is 27.8 Å². The molecule has 1 amide bonds. The topological polar surface area (TPSA) is 105 Å². The van der Waals surface area contributed by atoms with Crippen LogP contribution in [0.1, 0.15) is 24.8 Å². The van der Waals surface area contributed by atoms with Gasteiger partial charge in [0.05, 0.1) is 24.2 Å². The van der Waals surface area contributed by atoms with Crippen molar-refractivity contribution in [2.24, 2.45) is 0 Å². The minimum absolute atomic E-state index is 0.0402. The molecule has 0 aliphatic carbocycles. The molecule has 1 aromatic rings. The average molecular weight is 335 g/mol. The highest BCUT2D eigenvalue weighted by molar-refractivity contribution is 5.95. The van der Waals surface area contributed by atoms with Crippen LogP contribution in [-0.2, 0) is 16.0 Å². The highest BCUT2D eigenvalue weighted by Gasteiger charge is 2.29. The summed E-state index contributed by atoms with van der Waals surface area (Å²) in [5.41, 5.74) is 2.03. The predicted octanol–water partition coefficient (Wildman–Crippen LogP) is 1.46. The summed E-state index contributed by atoms with van der Waals surface area (Å²) in [5, 5.41) is 23.2. The minimum atomic E-state index is -0.371. The lowest BCUT2D eigenvalue weighted by atomic mass is 9.99. The number of aliphatic hydroxyl groups excluding tert-OH is 1. The fourth-order valence-corrected chi connectivity index (χ4v) is 3.32. The van der Waals surface area contributed by atoms with E-state index in [0.717, 1.165) is 18.4 Å². The van der Waals surface area contributed by atoms with Gasteiger partial charge in [0.1, 0.15) is 5.69 Å². The predicted molar refractivity (Wildman–Crippen MR) is 88.3 cm³/mol. The number of aryl methyl sites for hydroxylation is 1. The van der Waals surface area contributed by atoms with Gasteiger partial charge in [0.25, 0.3) is 5.69 Å². The maximum atomic E-state index is 11.6. The first-order chi connectivity index (χ1) is 11.6. The molecule has 1 aromatic carbocycles. The number of amides is 1. The van der Waals surface area contributed by atoms with Gasteiger partial charge in [0, 0.05) is 31.3 Å². The van der Waals surface area contributed by atoms with E-state index >= 15 is 0 Å². The molecule has 1 atom stereocenters. The van der Waals surface area contributed by atoms with Crippen LogP contribution in [0.3, 0.4) is 0 Å². The van der Waals surface area contributed by atoms with Crippen LogP contribution in [0.2, 0.25) is 0 Å². The lowest BCUT2D eigenvalue weighted by Gasteiger charge is -2.34. The van der Waals surface area contributed by atoms with Crippen LogP contribution < -0.4 is 10.2 Å². The number of nitro benzene ring substituents is 1. The van der Waals surface area contributed by atoms with Crippen molar-refractivity contribution in [1.82, 2.24) is 0 Å². The first-order valence-electron chi connectivity index (χ1n) is 8.17. The van der Waals surface area contributed by atoms with E-state index in [9.17, 15) is 14.9 Å². The number of hydrogen-bond acceptors (Lipinski definition) is 6. The number of rotatable bonds is 5. The monoisotopic (exact) mass is 335 g/mol. The van der Waals surface area contributed by atoms with E-state index in [-0.39, 0.29) is 35.8 Å². The van der Waals surface area contributed by atoms with Gasteiger partial charge in [0.15, 0.2) is 0 Å². The van der Waals surface area contributed by atoms with Gasteiger partial charge >= 0.3 is 0 Å². The number of nitrogens with one attached hydrogen (secondary N) is 1. The zero-order valence-electron chi connectivity index (χ0n) is 13.4. The van der Waals surface area contributed by atoms with Crippen LogP contribution >= 0.6 is 0 Å². The number of hydrogen-bond donors (Lipinski definition) is 2. The first kappa shape index (κ1) is 16.7. The van der Waals surface area contributed by atoms with Gasteiger partial charge in [0.2, 0.25) is 5.91 Å². The fraction of sp³-hybridized carbons (Fsp3) is 0.562. The Morgan fingerprint density at radius 3 is 3.00 bits per heavy atom. The summed E-state index contributed by atoms with van der Waals surface area (Å²) in [6.45, 7) is 1.46. The zero-order chi connectivity index (χ0) is 17.1. The Morgan fingerprint density at radius 1 is 1.42 bits per heavy atom. The SMILES string of the molecule is O=C1CCc2cc([N+](=O)[O-])c(N3CCCC(OCCO)C3)cc2N1. The van der Waals surface area contributed by atoms with Crippen molar-refractivity contribution < 1.29 is 19.6 Å². The van der Waals surface area contributed by atoms with Crippen LogP contribution in [0, 0.1) is 10.1 Å². The van der Waals surface area contributed by atoms with E-state index in [1.807, 2.05) is 4.90 Å². The van der Waals surface area contributed by atoms with Gasteiger partial charge in [-0.1, -0.05) is 0 Å². The van der Waals surface area contributed by atoms with E-state index in [1.54, 1.807) is 12.1 Å². The molecule has 8 nitrogen and oxygen atoms in total. The van der Waals surface area contributed by atoms with E-state index in [0.29, 0.717) is 37.3 Å². The van der Waals surface area contributed by atoms with E-state index < -0.39 is 0 Å². The van der Waals surface area contributed by atoms with Gasteiger partial charge in [-0.3, -0.25) is 14.9 Å². The molecule has 1 fully saturated rings. The van der Waals surface area contributed by atoms with Crippen LogP contribution in [0.4, 0.5) is 17.1 Å². The maximum absolute atomic E-state index is 11.6.